The van der Waals surface area contributed by atoms with Crippen LogP contribution < -0.4 is 16.0 Å². The molecule has 4 saturated heterocycles. The summed E-state index contributed by atoms with van der Waals surface area (Å²) in [6.07, 6.45) is 0. The topological polar surface area (TPSA) is 134 Å². The largest absolute Gasteiger partial charge is 0.480 e. The van der Waals surface area contributed by atoms with Gasteiger partial charge in [0.15, 0.2) is 0 Å². The molecule has 8 nitrogen and oxygen atoms in total. The maximum atomic E-state index is 11.4. The van der Waals surface area contributed by atoms with Crippen LogP contribution in [0.25, 0.3) is 0 Å². The molecule has 8 bridgehead atoms. The number of carboxylic acid groups (broad SMARTS) is 1. The molecule has 6 unspecified atom stereocenters. The summed E-state index contributed by atoms with van der Waals surface area (Å²) in [5, 5.41) is 53.7. The highest BCUT2D eigenvalue weighted by Gasteiger charge is 2.96. The van der Waals surface area contributed by atoms with Gasteiger partial charge < -0.3 is 36.4 Å². The van der Waals surface area contributed by atoms with Crippen LogP contribution in [0.2, 0.25) is 0 Å². The van der Waals surface area contributed by atoms with Crippen LogP contribution in [-0.4, -0.2) is 83.5 Å². The first-order chi connectivity index (χ1) is 17.5. The van der Waals surface area contributed by atoms with Gasteiger partial charge in [-0.15, -0.1) is 0 Å². The van der Waals surface area contributed by atoms with Crippen LogP contribution >= 0.6 is 0 Å². The van der Waals surface area contributed by atoms with Crippen LogP contribution in [0.3, 0.4) is 0 Å². The molecule has 2 aliphatic carbocycles. The van der Waals surface area contributed by atoms with Crippen LogP contribution in [-0.2, 0) is 4.79 Å². The number of nitrogens with one attached hydrogen (secondary N) is 3. The Hall–Kier alpha value is -2.33. The predicted molar refractivity (Wildman–Crippen MR) is 131 cm³/mol. The van der Waals surface area contributed by atoms with Gasteiger partial charge in [-0.1, -0.05) is 60.7 Å². The number of rotatable bonds is 9. The van der Waals surface area contributed by atoms with Crippen LogP contribution in [0.15, 0.2) is 60.7 Å². The molecular weight excluding hydrogens is 458 g/mol. The van der Waals surface area contributed by atoms with Crippen molar-refractivity contribution in [3.05, 3.63) is 71.8 Å². The fourth-order valence-corrected chi connectivity index (χ4v) is 10.4. The molecule has 2 aromatic carbocycles. The minimum absolute atomic E-state index is 0.0581. The van der Waals surface area contributed by atoms with Crippen LogP contribution in [0.1, 0.15) is 23.0 Å². The van der Waals surface area contributed by atoms with Gasteiger partial charge in [-0.05, 0) is 11.1 Å². The molecule has 190 valence electrons. The van der Waals surface area contributed by atoms with E-state index in [2.05, 4.69) is 40.2 Å². The fourth-order valence-electron chi connectivity index (χ4n) is 10.4. The summed E-state index contributed by atoms with van der Waals surface area (Å²) in [7, 11) is 0. The number of benzene rings is 2. The van der Waals surface area contributed by atoms with Crippen LogP contribution in [0.4, 0.5) is 0 Å². The van der Waals surface area contributed by atoms with Gasteiger partial charge in [-0.2, -0.15) is 0 Å². The number of aliphatic hydroxyl groups excluding tert-OH is 3. The molecule has 8 heteroatoms. The quantitative estimate of drug-likeness (QED) is 0.258. The summed E-state index contributed by atoms with van der Waals surface area (Å²) >= 11 is 0. The van der Waals surface area contributed by atoms with Crippen molar-refractivity contribution >= 4 is 5.97 Å². The van der Waals surface area contributed by atoms with Crippen molar-refractivity contribution in [3.8, 4) is 0 Å². The zero-order valence-electron chi connectivity index (χ0n) is 20.0. The molecule has 4 heterocycles. The predicted octanol–water partition coefficient (Wildman–Crippen LogP) is -0.128. The van der Waals surface area contributed by atoms with E-state index in [1.54, 1.807) is 0 Å². The second-order valence-electron chi connectivity index (χ2n) is 11.7. The van der Waals surface area contributed by atoms with E-state index in [4.69, 9.17) is 0 Å². The first-order valence-corrected chi connectivity index (χ1v) is 12.9. The Balaban J connectivity index is 1.47. The molecule has 6 fully saturated rings. The molecule has 36 heavy (non-hydrogen) atoms. The average molecular weight is 492 g/mol. The van der Waals surface area contributed by atoms with Crippen molar-refractivity contribution in [1.29, 1.82) is 0 Å². The van der Waals surface area contributed by atoms with Gasteiger partial charge in [-0.3, -0.25) is 4.79 Å². The van der Waals surface area contributed by atoms with E-state index in [0.717, 1.165) is 11.1 Å². The maximum absolute atomic E-state index is 11.4. The molecule has 0 aromatic heterocycles. The molecule has 2 aromatic rings. The number of hydrogen-bond donors (Lipinski definition) is 7. The van der Waals surface area contributed by atoms with Crippen LogP contribution in [0.5, 0.6) is 0 Å². The first kappa shape index (κ1) is 22.8. The number of carbonyl (C=O) groups is 1. The Kier molecular flexibility index (Phi) is 4.68. The van der Waals surface area contributed by atoms with E-state index >= 15 is 0 Å². The summed E-state index contributed by atoms with van der Waals surface area (Å²) in [4.78, 5) is 11.4. The number of hydrogen-bond acceptors (Lipinski definition) is 7. The van der Waals surface area contributed by atoms with Gasteiger partial charge in [0.1, 0.15) is 0 Å². The Morgan fingerprint density at radius 1 is 0.694 bits per heavy atom. The van der Waals surface area contributed by atoms with E-state index in [1.807, 2.05) is 36.4 Å². The second-order valence-corrected chi connectivity index (χ2v) is 11.7. The Morgan fingerprint density at radius 2 is 1.08 bits per heavy atom. The molecule has 0 spiro atoms. The lowest BCUT2D eigenvalue weighted by Crippen LogP contribution is -3.08. The van der Waals surface area contributed by atoms with Crippen molar-refractivity contribution in [2.75, 3.05) is 32.9 Å². The zero-order chi connectivity index (χ0) is 24.9. The van der Waals surface area contributed by atoms with Gasteiger partial charge in [0, 0.05) is 64.2 Å². The van der Waals surface area contributed by atoms with E-state index in [1.165, 1.54) is 0 Å². The number of aliphatic carboxylic acids is 1. The first-order valence-electron chi connectivity index (χ1n) is 12.9. The molecular formula is C28H33N3O5. The normalized spacial score (nSPS) is 46.8. The van der Waals surface area contributed by atoms with Crippen molar-refractivity contribution < 1.29 is 25.2 Å². The third-order valence-corrected chi connectivity index (χ3v) is 10.9. The summed E-state index contributed by atoms with van der Waals surface area (Å²) in [5.41, 5.74) is 0.0325. The fraction of sp³-hybridized carbons (Fsp3) is 0.536. The molecule has 6 aliphatic rings. The Morgan fingerprint density at radius 3 is 1.47 bits per heavy atom. The lowest BCUT2D eigenvalue weighted by atomic mass is 9.17. The van der Waals surface area contributed by atoms with Crippen molar-refractivity contribution in [3.63, 3.8) is 0 Å². The van der Waals surface area contributed by atoms with Crippen molar-refractivity contribution in [1.82, 2.24) is 16.0 Å². The van der Waals surface area contributed by atoms with Crippen molar-refractivity contribution in [2.24, 2.45) is 21.7 Å². The molecule has 8 rings (SSSR count). The third kappa shape index (κ3) is 2.15. The standard InChI is InChI=1S/C28H33N3O5/c32-13-26-19(16-7-3-1-4-8-16)25(12-29-11-18(35)36)21-27(14-33)20(17-9-5-2-6-10-17)28(15-34,23(26)30-21)24(26)31-22(25)27/h1-10,19-24,29-34H,11-15H2,(H,35,36). The average Bonchev–Trinajstić information content (AvgIpc) is 2.88. The highest BCUT2D eigenvalue weighted by atomic mass is 16.4. The summed E-state index contributed by atoms with van der Waals surface area (Å²) in [6.45, 7) is 0.104. The minimum Gasteiger partial charge on any atom is -0.480 e. The SMILES string of the molecule is O=C(O)CNCC12C3NC4C5(CO)C(NC1C3(CO)C5c1ccccc1)C4(CO)C2c1ccccc1. The van der Waals surface area contributed by atoms with E-state index < -0.39 is 27.6 Å². The van der Waals surface area contributed by atoms with E-state index in [-0.39, 0.29) is 62.4 Å². The highest BCUT2D eigenvalue weighted by Crippen LogP contribution is 2.87. The summed E-state index contributed by atoms with van der Waals surface area (Å²) in [6, 6.07) is 19.8. The van der Waals surface area contributed by atoms with Gasteiger partial charge >= 0.3 is 5.97 Å². The lowest BCUT2D eigenvalue weighted by molar-refractivity contribution is -0.407. The molecule has 2 saturated carbocycles. The minimum atomic E-state index is -0.915. The third-order valence-electron chi connectivity index (χ3n) is 10.9. The number of piperidine rings is 4. The maximum Gasteiger partial charge on any atom is 0.317 e. The lowest BCUT2D eigenvalue weighted by Gasteiger charge is -2.95. The second kappa shape index (κ2) is 7.37. The van der Waals surface area contributed by atoms with Crippen LogP contribution in [0, 0.1) is 21.7 Å². The van der Waals surface area contributed by atoms with Gasteiger partial charge in [0.2, 0.25) is 0 Å². The van der Waals surface area contributed by atoms with Gasteiger partial charge in [0.25, 0.3) is 0 Å². The van der Waals surface area contributed by atoms with Gasteiger partial charge in [-0.25, -0.2) is 0 Å². The van der Waals surface area contributed by atoms with Gasteiger partial charge in [0.05, 0.1) is 26.4 Å². The monoisotopic (exact) mass is 491 g/mol. The number of carboxylic acids is 1. The van der Waals surface area contributed by atoms with Crippen molar-refractivity contribution in [2.45, 2.75) is 36.0 Å². The Labute approximate surface area is 209 Å². The molecule has 7 N–H and O–H groups in total. The summed E-state index contributed by atoms with van der Waals surface area (Å²) in [5.74, 6) is -1.08. The van der Waals surface area contributed by atoms with E-state index in [0.29, 0.717) is 6.54 Å². The van der Waals surface area contributed by atoms with E-state index in [9.17, 15) is 25.2 Å². The molecule has 0 radical (unpaired) electrons. The summed E-state index contributed by atoms with van der Waals surface area (Å²) < 4.78 is 0. The Bertz CT molecular complexity index is 1170. The smallest absolute Gasteiger partial charge is 0.317 e. The highest BCUT2D eigenvalue weighted by molar-refractivity contribution is 5.69. The molecule has 4 aliphatic heterocycles. The molecule has 6 atom stereocenters. The zero-order valence-corrected chi connectivity index (χ0v) is 20.0. The number of aliphatic hydroxyl groups is 3. The molecule has 0 amide bonds.